The van der Waals surface area contributed by atoms with Crippen LogP contribution in [0.5, 0.6) is 11.5 Å². The molecule has 0 aliphatic heterocycles. The van der Waals surface area contributed by atoms with Crippen molar-refractivity contribution in [3.8, 4) is 11.5 Å². The SMILES string of the molecule is COc1ccc(NC(=O)NC2CCCc3ccccc32)cc1OC. The molecule has 0 bridgehead atoms. The van der Waals surface area contributed by atoms with E-state index in [2.05, 4.69) is 22.8 Å². The number of fused-ring (bicyclic) bond motifs is 1. The fourth-order valence-corrected chi connectivity index (χ4v) is 3.14. The van der Waals surface area contributed by atoms with Crippen LogP contribution in [-0.4, -0.2) is 20.3 Å². The Labute approximate surface area is 142 Å². The maximum Gasteiger partial charge on any atom is 0.319 e. The Hall–Kier alpha value is -2.69. The predicted molar refractivity (Wildman–Crippen MR) is 93.8 cm³/mol. The molecule has 2 amide bonds. The number of aryl methyl sites for hydroxylation is 1. The van der Waals surface area contributed by atoms with Gasteiger partial charge in [-0.05, 0) is 42.5 Å². The Balaban J connectivity index is 1.69. The van der Waals surface area contributed by atoms with Gasteiger partial charge in [-0.2, -0.15) is 0 Å². The summed E-state index contributed by atoms with van der Waals surface area (Å²) in [5, 5.41) is 5.93. The molecule has 0 radical (unpaired) electrons. The number of benzene rings is 2. The summed E-state index contributed by atoms with van der Waals surface area (Å²) in [4.78, 5) is 12.4. The van der Waals surface area contributed by atoms with Crippen LogP contribution in [0.25, 0.3) is 0 Å². The van der Waals surface area contributed by atoms with E-state index in [4.69, 9.17) is 9.47 Å². The van der Waals surface area contributed by atoms with E-state index in [0.29, 0.717) is 17.2 Å². The third-order valence-electron chi connectivity index (χ3n) is 4.32. The number of carbonyl (C=O) groups is 1. The lowest BCUT2D eigenvalue weighted by atomic mass is 9.88. The van der Waals surface area contributed by atoms with Gasteiger partial charge in [0.25, 0.3) is 0 Å². The molecule has 0 spiro atoms. The first kappa shape index (κ1) is 16.2. The number of ether oxygens (including phenoxy) is 2. The Kier molecular flexibility index (Phi) is 4.89. The molecule has 2 aromatic rings. The van der Waals surface area contributed by atoms with Crippen molar-refractivity contribution < 1.29 is 14.3 Å². The molecule has 1 atom stereocenters. The van der Waals surface area contributed by atoms with Crippen LogP contribution in [-0.2, 0) is 6.42 Å². The molecule has 0 fully saturated rings. The van der Waals surface area contributed by atoms with Gasteiger partial charge >= 0.3 is 6.03 Å². The average molecular weight is 326 g/mol. The summed E-state index contributed by atoms with van der Waals surface area (Å²) >= 11 is 0. The van der Waals surface area contributed by atoms with Crippen LogP contribution >= 0.6 is 0 Å². The van der Waals surface area contributed by atoms with Crippen LogP contribution in [0.2, 0.25) is 0 Å². The zero-order valence-electron chi connectivity index (χ0n) is 14.0. The third-order valence-corrected chi connectivity index (χ3v) is 4.32. The van der Waals surface area contributed by atoms with Crippen molar-refractivity contribution in [2.75, 3.05) is 19.5 Å². The number of carbonyl (C=O) groups excluding carboxylic acids is 1. The first-order valence-corrected chi connectivity index (χ1v) is 8.08. The summed E-state index contributed by atoms with van der Waals surface area (Å²) in [6.45, 7) is 0. The van der Waals surface area contributed by atoms with E-state index in [1.165, 1.54) is 11.1 Å². The summed E-state index contributed by atoms with van der Waals surface area (Å²) in [5.41, 5.74) is 3.20. The molecule has 126 valence electrons. The number of anilines is 1. The second-order valence-corrected chi connectivity index (χ2v) is 5.81. The minimum absolute atomic E-state index is 0.0510. The Morgan fingerprint density at radius 1 is 1.08 bits per heavy atom. The van der Waals surface area contributed by atoms with Crippen molar-refractivity contribution in [2.24, 2.45) is 0 Å². The second kappa shape index (κ2) is 7.25. The van der Waals surface area contributed by atoms with Gasteiger partial charge in [-0.15, -0.1) is 0 Å². The van der Waals surface area contributed by atoms with Gasteiger partial charge in [0.1, 0.15) is 0 Å². The summed E-state index contributed by atoms with van der Waals surface area (Å²) in [6.07, 6.45) is 3.11. The lowest BCUT2D eigenvalue weighted by Gasteiger charge is -2.26. The molecule has 1 aliphatic rings. The highest BCUT2D eigenvalue weighted by molar-refractivity contribution is 5.90. The maximum atomic E-state index is 12.4. The first-order chi connectivity index (χ1) is 11.7. The highest BCUT2D eigenvalue weighted by Crippen LogP contribution is 2.31. The quantitative estimate of drug-likeness (QED) is 0.896. The van der Waals surface area contributed by atoms with Gasteiger partial charge in [-0.1, -0.05) is 24.3 Å². The van der Waals surface area contributed by atoms with Crippen LogP contribution in [0.15, 0.2) is 42.5 Å². The maximum absolute atomic E-state index is 12.4. The van der Waals surface area contributed by atoms with Crippen molar-refractivity contribution in [1.82, 2.24) is 5.32 Å². The fraction of sp³-hybridized carbons (Fsp3) is 0.316. The molecule has 24 heavy (non-hydrogen) atoms. The van der Waals surface area contributed by atoms with Crippen LogP contribution in [0.1, 0.15) is 30.0 Å². The summed E-state index contributed by atoms with van der Waals surface area (Å²) in [6, 6.07) is 13.4. The van der Waals surface area contributed by atoms with Crippen molar-refractivity contribution >= 4 is 11.7 Å². The van der Waals surface area contributed by atoms with Gasteiger partial charge in [-0.25, -0.2) is 4.79 Å². The van der Waals surface area contributed by atoms with Crippen molar-refractivity contribution in [3.63, 3.8) is 0 Å². The van der Waals surface area contributed by atoms with E-state index in [1.54, 1.807) is 32.4 Å². The minimum Gasteiger partial charge on any atom is -0.493 e. The zero-order valence-corrected chi connectivity index (χ0v) is 14.0. The van der Waals surface area contributed by atoms with Gasteiger partial charge in [0.2, 0.25) is 0 Å². The Bertz CT molecular complexity index is 730. The largest absolute Gasteiger partial charge is 0.493 e. The molecular formula is C19H22N2O3. The van der Waals surface area contributed by atoms with E-state index < -0.39 is 0 Å². The van der Waals surface area contributed by atoms with E-state index in [9.17, 15) is 4.79 Å². The molecule has 0 heterocycles. The Morgan fingerprint density at radius 3 is 2.67 bits per heavy atom. The van der Waals surface area contributed by atoms with Crippen molar-refractivity contribution in [1.29, 1.82) is 0 Å². The van der Waals surface area contributed by atoms with Gasteiger partial charge in [0, 0.05) is 11.8 Å². The molecule has 3 rings (SSSR count). The standard InChI is InChI=1S/C19H22N2O3/c1-23-17-11-10-14(12-18(17)24-2)20-19(22)21-16-9-5-7-13-6-3-4-8-15(13)16/h3-4,6,8,10-12,16H,5,7,9H2,1-2H3,(H2,20,21,22). The molecule has 5 heteroatoms. The zero-order chi connectivity index (χ0) is 16.9. The third kappa shape index (κ3) is 3.45. The van der Waals surface area contributed by atoms with Gasteiger partial charge in [-0.3, -0.25) is 0 Å². The molecular weight excluding hydrogens is 304 g/mol. The average Bonchev–Trinajstić information content (AvgIpc) is 2.62. The minimum atomic E-state index is -0.219. The summed E-state index contributed by atoms with van der Waals surface area (Å²) < 4.78 is 10.5. The number of urea groups is 1. The number of rotatable bonds is 4. The van der Waals surface area contributed by atoms with Crippen LogP contribution in [0.4, 0.5) is 10.5 Å². The molecule has 1 unspecified atom stereocenters. The number of hydrogen-bond donors (Lipinski definition) is 2. The molecule has 0 saturated heterocycles. The number of hydrogen-bond acceptors (Lipinski definition) is 3. The molecule has 5 nitrogen and oxygen atoms in total. The molecule has 2 N–H and O–H groups in total. The molecule has 0 aromatic heterocycles. The van der Waals surface area contributed by atoms with E-state index in [-0.39, 0.29) is 12.1 Å². The highest BCUT2D eigenvalue weighted by Gasteiger charge is 2.21. The monoisotopic (exact) mass is 326 g/mol. The van der Waals surface area contributed by atoms with Crippen LogP contribution < -0.4 is 20.1 Å². The van der Waals surface area contributed by atoms with Gasteiger partial charge < -0.3 is 20.1 Å². The van der Waals surface area contributed by atoms with E-state index in [1.807, 2.05) is 12.1 Å². The topological polar surface area (TPSA) is 59.6 Å². The summed E-state index contributed by atoms with van der Waals surface area (Å²) in [7, 11) is 3.15. The predicted octanol–water partition coefficient (Wildman–Crippen LogP) is 3.90. The summed E-state index contributed by atoms with van der Waals surface area (Å²) in [5.74, 6) is 1.21. The van der Waals surface area contributed by atoms with Crippen LogP contribution in [0, 0.1) is 0 Å². The molecule has 2 aromatic carbocycles. The first-order valence-electron chi connectivity index (χ1n) is 8.08. The number of amides is 2. The van der Waals surface area contributed by atoms with Gasteiger partial charge in [0.05, 0.1) is 20.3 Å². The van der Waals surface area contributed by atoms with E-state index in [0.717, 1.165) is 19.3 Å². The fourth-order valence-electron chi connectivity index (χ4n) is 3.14. The lowest BCUT2D eigenvalue weighted by molar-refractivity contribution is 0.247. The number of nitrogens with one attached hydrogen (secondary N) is 2. The highest BCUT2D eigenvalue weighted by atomic mass is 16.5. The lowest BCUT2D eigenvalue weighted by Crippen LogP contribution is -2.34. The van der Waals surface area contributed by atoms with Crippen molar-refractivity contribution in [2.45, 2.75) is 25.3 Å². The Morgan fingerprint density at radius 2 is 1.88 bits per heavy atom. The number of methoxy groups -OCH3 is 2. The second-order valence-electron chi connectivity index (χ2n) is 5.81. The van der Waals surface area contributed by atoms with Crippen LogP contribution in [0.3, 0.4) is 0 Å². The van der Waals surface area contributed by atoms with E-state index >= 15 is 0 Å². The van der Waals surface area contributed by atoms with Crippen molar-refractivity contribution in [3.05, 3.63) is 53.6 Å². The van der Waals surface area contributed by atoms with Gasteiger partial charge in [0.15, 0.2) is 11.5 Å². The smallest absolute Gasteiger partial charge is 0.319 e. The molecule has 1 aliphatic carbocycles. The molecule has 0 saturated carbocycles. The normalized spacial score (nSPS) is 16.0.